The molecule has 0 aliphatic heterocycles. The average Bonchev–Trinajstić information content (AvgIpc) is 3.06. The summed E-state index contributed by atoms with van der Waals surface area (Å²) in [5.74, 6) is -0.505. The Hall–Kier alpha value is -2.92. The number of hydrogen-bond acceptors (Lipinski definition) is 3. The molecular weight excluding hydrogens is 330 g/mol. The molecule has 3 N–H and O–H groups in total. The third-order valence-corrected chi connectivity index (χ3v) is 5.60. The van der Waals surface area contributed by atoms with Crippen LogP contribution in [0.5, 0.6) is 0 Å². The predicted octanol–water partition coefficient (Wildman–Crippen LogP) is 4.18. The van der Waals surface area contributed by atoms with Crippen molar-refractivity contribution in [3.63, 3.8) is 0 Å². The van der Waals surface area contributed by atoms with Crippen LogP contribution in [-0.2, 0) is 7.05 Å². The number of benzene rings is 1. The molecule has 0 fully saturated rings. The Morgan fingerprint density at radius 2 is 2.00 bits per heavy atom. The number of nitrogens with two attached hydrogens (primary N) is 1. The summed E-state index contributed by atoms with van der Waals surface area (Å²) in [6.45, 7) is 0. The molecular formula is C20H17N3OS. The van der Waals surface area contributed by atoms with Crippen molar-refractivity contribution in [2.45, 2.75) is 6.42 Å². The van der Waals surface area contributed by atoms with Gasteiger partial charge in [0.15, 0.2) is 0 Å². The highest BCUT2D eigenvalue weighted by atomic mass is 32.1. The van der Waals surface area contributed by atoms with E-state index in [9.17, 15) is 4.79 Å². The largest absolute Gasteiger partial charge is 0.366 e. The maximum Gasteiger partial charge on any atom is 0.251 e. The van der Waals surface area contributed by atoms with Crippen molar-refractivity contribution >= 4 is 46.0 Å². The van der Waals surface area contributed by atoms with Crippen LogP contribution in [0.3, 0.4) is 0 Å². The molecule has 0 radical (unpaired) electrons. The van der Waals surface area contributed by atoms with E-state index in [0.29, 0.717) is 17.0 Å². The zero-order chi connectivity index (χ0) is 17.6. The fourth-order valence-corrected chi connectivity index (χ4v) is 4.33. The number of hydrogen-bond donors (Lipinski definition) is 2. The highest BCUT2D eigenvalue weighted by Gasteiger charge is 2.24. The Balaban J connectivity index is 1.92. The van der Waals surface area contributed by atoms with Gasteiger partial charge in [0.25, 0.3) is 5.91 Å². The smallest absolute Gasteiger partial charge is 0.251 e. The summed E-state index contributed by atoms with van der Waals surface area (Å²) < 4.78 is 1.88. The summed E-state index contributed by atoms with van der Waals surface area (Å²) in [4.78, 5) is 14.1. The number of aryl methyl sites for hydroxylation is 1. The molecule has 5 heteroatoms. The highest BCUT2D eigenvalue weighted by molar-refractivity contribution is 7.15. The number of carbonyl (C=O) groups is 1. The van der Waals surface area contributed by atoms with Gasteiger partial charge in [-0.25, -0.2) is 0 Å². The zero-order valence-electron chi connectivity index (χ0n) is 13.7. The molecule has 25 heavy (non-hydrogen) atoms. The molecule has 2 aromatic heterocycles. The minimum atomic E-state index is -0.505. The van der Waals surface area contributed by atoms with Crippen molar-refractivity contribution < 1.29 is 4.79 Å². The van der Waals surface area contributed by atoms with Crippen molar-refractivity contribution in [2.75, 3.05) is 0 Å². The third-order valence-electron chi connectivity index (χ3n) is 4.47. The molecule has 0 saturated heterocycles. The van der Waals surface area contributed by atoms with Gasteiger partial charge >= 0.3 is 0 Å². The van der Waals surface area contributed by atoms with Gasteiger partial charge < -0.3 is 10.3 Å². The van der Waals surface area contributed by atoms with Gasteiger partial charge in [0.1, 0.15) is 0 Å². The quantitative estimate of drug-likeness (QED) is 0.685. The van der Waals surface area contributed by atoms with Crippen LogP contribution >= 0.6 is 11.3 Å². The molecule has 0 atom stereocenters. The van der Waals surface area contributed by atoms with Gasteiger partial charge in [-0.2, -0.15) is 0 Å². The molecule has 1 aromatic carbocycles. The van der Waals surface area contributed by atoms with Gasteiger partial charge in [-0.1, -0.05) is 36.4 Å². The Labute approximate surface area is 149 Å². The second-order valence-electron chi connectivity index (χ2n) is 6.01. The number of amides is 1. The van der Waals surface area contributed by atoms with E-state index >= 15 is 0 Å². The van der Waals surface area contributed by atoms with Gasteiger partial charge in [-0.3, -0.25) is 10.2 Å². The Morgan fingerprint density at radius 1 is 1.24 bits per heavy atom. The Bertz CT molecular complexity index is 1050. The van der Waals surface area contributed by atoms with Crippen LogP contribution < -0.4 is 5.73 Å². The number of para-hydroxylation sites is 1. The van der Waals surface area contributed by atoms with E-state index in [1.54, 1.807) is 11.3 Å². The van der Waals surface area contributed by atoms with E-state index in [1.165, 1.54) is 0 Å². The molecule has 1 aliphatic rings. The topological polar surface area (TPSA) is 71.9 Å². The fourth-order valence-electron chi connectivity index (χ4n) is 3.30. The number of nitrogens with zero attached hydrogens (tertiary/aromatic N) is 1. The lowest BCUT2D eigenvalue weighted by Crippen LogP contribution is -2.17. The minimum Gasteiger partial charge on any atom is -0.366 e. The molecule has 0 saturated carbocycles. The first-order chi connectivity index (χ1) is 12.1. The second kappa shape index (κ2) is 5.86. The molecule has 124 valence electrons. The number of thiophene rings is 1. The number of fused-ring (bicyclic) bond motifs is 2. The molecule has 0 bridgehead atoms. The molecule has 3 aromatic rings. The van der Waals surface area contributed by atoms with Crippen LogP contribution in [0, 0.1) is 5.41 Å². The molecule has 0 unspecified atom stereocenters. The van der Waals surface area contributed by atoms with Crippen LogP contribution in [0.25, 0.3) is 23.1 Å². The summed E-state index contributed by atoms with van der Waals surface area (Å²) in [7, 11) is 1.87. The van der Waals surface area contributed by atoms with Crippen LogP contribution in [-0.4, -0.2) is 16.2 Å². The number of carbonyl (C=O) groups excluding carboxylic acids is 1. The molecule has 0 spiro atoms. The first-order valence-corrected chi connectivity index (χ1v) is 8.83. The van der Waals surface area contributed by atoms with Crippen molar-refractivity contribution in [3.8, 4) is 0 Å². The van der Waals surface area contributed by atoms with Gasteiger partial charge in [-0.05, 0) is 30.2 Å². The van der Waals surface area contributed by atoms with Crippen molar-refractivity contribution in [3.05, 3.63) is 69.1 Å². The van der Waals surface area contributed by atoms with Crippen molar-refractivity contribution in [2.24, 2.45) is 12.8 Å². The maximum absolute atomic E-state index is 12.1. The minimum absolute atomic E-state index is 0.326. The lowest BCUT2D eigenvalue weighted by atomic mass is 10.1. The number of aromatic nitrogens is 1. The van der Waals surface area contributed by atoms with E-state index in [4.69, 9.17) is 11.1 Å². The van der Waals surface area contributed by atoms with E-state index in [2.05, 4.69) is 24.3 Å². The zero-order valence-corrected chi connectivity index (χ0v) is 14.6. The summed E-state index contributed by atoms with van der Waals surface area (Å²) in [6, 6.07) is 9.63. The average molecular weight is 347 g/mol. The van der Waals surface area contributed by atoms with Crippen molar-refractivity contribution in [1.29, 1.82) is 5.41 Å². The summed E-state index contributed by atoms with van der Waals surface area (Å²) in [5.41, 5.74) is 8.97. The van der Waals surface area contributed by atoms with E-state index in [1.807, 2.05) is 41.9 Å². The maximum atomic E-state index is 12.1. The first-order valence-electron chi connectivity index (χ1n) is 8.01. The van der Waals surface area contributed by atoms with Crippen LogP contribution in [0.15, 0.2) is 42.5 Å². The Kier molecular flexibility index (Phi) is 3.66. The molecule has 2 heterocycles. The molecule has 4 nitrogen and oxygen atoms in total. The first kappa shape index (κ1) is 15.6. The lowest BCUT2D eigenvalue weighted by molar-refractivity contribution is 0.100. The van der Waals surface area contributed by atoms with E-state index in [0.717, 1.165) is 32.6 Å². The van der Waals surface area contributed by atoms with E-state index in [-0.39, 0.29) is 0 Å². The molecule has 4 rings (SSSR count). The van der Waals surface area contributed by atoms with Gasteiger partial charge in [-0.15, -0.1) is 11.3 Å². The molecule has 1 aliphatic carbocycles. The molecule has 1 amide bonds. The lowest BCUT2D eigenvalue weighted by Gasteiger charge is -2.06. The number of nitrogens with one attached hydrogen (secondary N) is 1. The standard InChI is InChI=1S/C20H17N3OS/c1-23-14-9-6-5-8-13(14)17(20(22)24)19(23)18(21)16-11-12-7-3-2-4-10-15(12)25-16/h3-11,21H,2H2,1H3,(H2,22,24). The van der Waals surface area contributed by atoms with Crippen molar-refractivity contribution in [1.82, 2.24) is 4.57 Å². The monoisotopic (exact) mass is 347 g/mol. The number of primary amides is 1. The summed E-state index contributed by atoms with van der Waals surface area (Å²) in [6.07, 6.45) is 9.31. The normalized spacial score (nSPS) is 13.0. The predicted molar refractivity (Wildman–Crippen MR) is 104 cm³/mol. The van der Waals surface area contributed by atoms with Crippen LogP contribution in [0.2, 0.25) is 0 Å². The number of rotatable bonds is 3. The highest BCUT2D eigenvalue weighted by Crippen LogP contribution is 2.32. The van der Waals surface area contributed by atoms with Crippen LogP contribution in [0.4, 0.5) is 0 Å². The summed E-state index contributed by atoms with van der Waals surface area (Å²) in [5, 5.41) is 9.53. The SMILES string of the molecule is Cn1c(C(=N)c2cc3c(s2)C=CCC=C3)c(C(N)=O)c2ccccc21. The fraction of sp³-hybridized carbons (Fsp3) is 0.100. The van der Waals surface area contributed by atoms with Gasteiger partial charge in [0, 0.05) is 22.8 Å². The van der Waals surface area contributed by atoms with Gasteiger partial charge in [0.05, 0.1) is 21.8 Å². The third kappa shape index (κ3) is 2.44. The van der Waals surface area contributed by atoms with Crippen LogP contribution in [0.1, 0.15) is 37.8 Å². The summed E-state index contributed by atoms with van der Waals surface area (Å²) >= 11 is 1.56. The van der Waals surface area contributed by atoms with E-state index < -0.39 is 5.91 Å². The Morgan fingerprint density at radius 3 is 2.80 bits per heavy atom. The van der Waals surface area contributed by atoms with Gasteiger partial charge in [0.2, 0.25) is 0 Å². The number of allylic oxidation sites excluding steroid dienone is 2. The second-order valence-corrected chi connectivity index (χ2v) is 7.09.